The molecule has 2 unspecified atom stereocenters. The van der Waals surface area contributed by atoms with E-state index in [0.717, 1.165) is 30.4 Å². The number of carbonyl (C=O) groups excluding carboxylic acids is 1. The van der Waals surface area contributed by atoms with E-state index >= 15 is 0 Å². The summed E-state index contributed by atoms with van der Waals surface area (Å²) in [6.45, 7) is 0. The van der Waals surface area contributed by atoms with Gasteiger partial charge in [-0.3, -0.25) is 9.78 Å². The highest BCUT2D eigenvalue weighted by Crippen LogP contribution is 2.48. The van der Waals surface area contributed by atoms with Gasteiger partial charge in [0.05, 0.1) is 5.02 Å². The summed E-state index contributed by atoms with van der Waals surface area (Å²) in [6.07, 6.45) is 7.23. The Bertz CT molecular complexity index is 809. The Morgan fingerprint density at radius 3 is 2.50 bits per heavy atom. The van der Waals surface area contributed by atoms with E-state index in [1.807, 2.05) is 32.3 Å². The summed E-state index contributed by atoms with van der Waals surface area (Å²) < 4.78 is 0. The number of rotatable bonds is 9. The molecule has 0 bridgehead atoms. The monoisotopic (exact) mass is 401 g/mol. The summed E-state index contributed by atoms with van der Waals surface area (Å²) >= 11 is 6.07. The summed E-state index contributed by atoms with van der Waals surface area (Å²) in [4.78, 5) is 18.7. The Labute approximate surface area is 171 Å². The van der Waals surface area contributed by atoms with Crippen LogP contribution in [0.3, 0.4) is 0 Å². The number of nitrogens with zero attached hydrogens (tertiary/aromatic N) is 2. The van der Waals surface area contributed by atoms with Crippen LogP contribution in [0.4, 0.5) is 0 Å². The van der Waals surface area contributed by atoms with Crippen LogP contribution < -0.4 is 5.73 Å². The largest absolute Gasteiger partial charge is 0.506 e. The highest BCUT2D eigenvalue weighted by Gasteiger charge is 2.41. The van der Waals surface area contributed by atoms with Gasteiger partial charge in [-0.05, 0) is 87.0 Å². The van der Waals surface area contributed by atoms with Crippen LogP contribution >= 0.6 is 11.6 Å². The molecule has 0 radical (unpaired) electrons. The molecular formula is C22H28ClN3O2. The number of hydrogen-bond donors (Lipinski definition) is 2. The second-order valence-electron chi connectivity index (χ2n) is 8.00. The molecule has 3 rings (SSSR count). The molecule has 1 amide bonds. The predicted molar refractivity (Wildman–Crippen MR) is 111 cm³/mol. The lowest BCUT2D eigenvalue weighted by Crippen LogP contribution is -2.39. The van der Waals surface area contributed by atoms with Crippen molar-refractivity contribution in [1.82, 2.24) is 9.88 Å². The fourth-order valence-electron chi connectivity index (χ4n) is 4.03. The fourth-order valence-corrected chi connectivity index (χ4v) is 4.24. The van der Waals surface area contributed by atoms with Crippen LogP contribution in [0.5, 0.6) is 5.75 Å². The SMILES string of the molecule is CN(C)[C@H](Cc1ccc(O)c(Cl)c1)CC(C(N)=O)C(c1ccncc1)C1CC1. The minimum atomic E-state index is -0.246. The first-order valence-electron chi connectivity index (χ1n) is 9.70. The zero-order valence-corrected chi connectivity index (χ0v) is 17.1. The van der Waals surface area contributed by atoms with Crippen LogP contribution in [0.15, 0.2) is 42.7 Å². The number of aromatic hydroxyl groups is 1. The predicted octanol–water partition coefficient (Wildman–Crippen LogP) is 3.60. The van der Waals surface area contributed by atoms with E-state index in [1.54, 1.807) is 24.5 Å². The van der Waals surface area contributed by atoms with Gasteiger partial charge in [-0.15, -0.1) is 0 Å². The topological polar surface area (TPSA) is 79.5 Å². The molecule has 1 aliphatic carbocycles. The molecule has 28 heavy (non-hydrogen) atoms. The average Bonchev–Trinajstić information content (AvgIpc) is 3.49. The molecule has 0 aliphatic heterocycles. The number of halogens is 1. The maximum atomic E-state index is 12.5. The van der Waals surface area contributed by atoms with Crippen molar-refractivity contribution < 1.29 is 9.90 Å². The third-order valence-corrected chi connectivity index (χ3v) is 6.06. The number of likely N-dealkylation sites (N-methyl/N-ethyl adjacent to an activating group) is 1. The molecule has 3 N–H and O–H groups in total. The Morgan fingerprint density at radius 1 is 1.29 bits per heavy atom. The number of pyridine rings is 1. The maximum Gasteiger partial charge on any atom is 0.221 e. The van der Waals surface area contributed by atoms with Crippen molar-refractivity contribution in [2.24, 2.45) is 17.6 Å². The van der Waals surface area contributed by atoms with Gasteiger partial charge in [0.1, 0.15) is 5.75 Å². The molecule has 1 fully saturated rings. The first-order chi connectivity index (χ1) is 13.4. The molecule has 1 aromatic heterocycles. The van der Waals surface area contributed by atoms with Crippen molar-refractivity contribution >= 4 is 17.5 Å². The van der Waals surface area contributed by atoms with Crippen molar-refractivity contribution in [1.29, 1.82) is 0 Å². The van der Waals surface area contributed by atoms with E-state index < -0.39 is 0 Å². The molecule has 150 valence electrons. The van der Waals surface area contributed by atoms with E-state index in [-0.39, 0.29) is 29.5 Å². The first kappa shape index (κ1) is 20.6. The number of aromatic nitrogens is 1. The Kier molecular flexibility index (Phi) is 6.57. The fraction of sp³-hybridized carbons (Fsp3) is 0.455. The number of carbonyl (C=O) groups is 1. The molecule has 1 heterocycles. The highest BCUT2D eigenvalue weighted by atomic mass is 35.5. The van der Waals surface area contributed by atoms with Crippen molar-refractivity contribution in [2.75, 3.05) is 14.1 Å². The Balaban J connectivity index is 1.83. The van der Waals surface area contributed by atoms with E-state index in [9.17, 15) is 9.90 Å². The third-order valence-electron chi connectivity index (χ3n) is 5.76. The summed E-state index contributed by atoms with van der Waals surface area (Å²) in [5, 5.41) is 10.0. The summed E-state index contributed by atoms with van der Waals surface area (Å²) in [7, 11) is 4.03. The number of hydrogen-bond acceptors (Lipinski definition) is 4. The molecule has 5 nitrogen and oxygen atoms in total. The lowest BCUT2D eigenvalue weighted by molar-refractivity contribution is -0.123. The molecule has 1 saturated carbocycles. The quantitative estimate of drug-likeness (QED) is 0.672. The smallest absolute Gasteiger partial charge is 0.221 e. The van der Waals surface area contributed by atoms with Crippen LogP contribution in [0.1, 0.15) is 36.3 Å². The third kappa shape index (κ3) is 5.03. The summed E-state index contributed by atoms with van der Waals surface area (Å²) in [6, 6.07) is 9.40. The van der Waals surface area contributed by atoms with Crippen molar-refractivity contribution in [3.05, 3.63) is 58.9 Å². The normalized spacial score (nSPS) is 17.3. The molecule has 0 spiro atoms. The first-order valence-corrected chi connectivity index (χ1v) is 10.1. The van der Waals surface area contributed by atoms with Gasteiger partial charge < -0.3 is 15.7 Å². The maximum absolute atomic E-state index is 12.5. The van der Waals surface area contributed by atoms with Crippen LogP contribution in [-0.2, 0) is 11.2 Å². The second-order valence-corrected chi connectivity index (χ2v) is 8.40. The van der Waals surface area contributed by atoms with Gasteiger partial charge >= 0.3 is 0 Å². The standard InChI is InChI=1S/C22H28ClN3O2/c1-26(2)17(11-14-3-6-20(27)19(23)12-14)13-18(22(24)28)21(15-4-5-15)16-7-9-25-10-8-16/h3,6-10,12,15,17-18,21,27H,4-5,11,13H2,1-2H3,(H2,24,28)/t17-,18?,21?/m1/s1. The lowest BCUT2D eigenvalue weighted by Gasteiger charge is -2.32. The molecule has 3 atom stereocenters. The average molecular weight is 402 g/mol. The second kappa shape index (κ2) is 8.93. The van der Waals surface area contributed by atoms with Crippen molar-refractivity contribution in [2.45, 2.75) is 37.6 Å². The van der Waals surface area contributed by atoms with Crippen molar-refractivity contribution in [3.63, 3.8) is 0 Å². The zero-order chi connectivity index (χ0) is 20.3. The molecule has 1 aliphatic rings. The van der Waals surface area contributed by atoms with Crippen LogP contribution in [0, 0.1) is 11.8 Å². The van der Waals surface area contributed by atoms with Gasteiger partial charge in [-0.25, -0.2) is 0 Å². The summed E-state index contributed by atoms with van der Waals surface area (Å²) in [5.41, 5.74) is 8.07. The van der Waals surface area contributed by atoms with Gasteiger partial charge in [0.25, 0.3) is 0 Å². The number of amides is 1. The minimum absolute atomic E-state index is 0.0771. The van der Waals surface area contributed by atoms with Gasteiger partial charge in [0.2, 0.25) is 5.91 Å². The number of primary amides is 1. The van der Waals surface area contributed by atoms with E-state index in [0.29, 0.717) is 17.4 Å². The summed E-state index contributed by atoms with van der Waals surface area (Å²) in [5.74, 6) is 0.227. The van der Waals surface area contributed by atoms with E-state index in [4.69, 9.17) is 17.3 Å². The Hall–Kier alpha value is -2.11. The lowest BCUT2D eigenvalue weighted by atomic mass is 9.78. The number of benzene rings is 1. The van der Waals surface area contributed by atoms with Gasteiger partial charge in [0, 0.05) is 24.4 Å². The van der Waals surface area contributed by atoms with Gasteiger partial charge in [-0.1, -0.05) is 17.7 Å². The molecule has 1 aromatic carbocycles. The number of nitrogens with two attached hydrogens (primary N) is 1. The molecular weight excluding hydrogens is 374 g/mol. The Morgan fingerprint density at radius 2 is 1.96 bits per heavy atom. The molecule has 6 heteroatoms. The number of phenols is 1. The van der Waals surface area contributed by atoms with Gasteiger partial charge in [-0.2, -0.15) is 0 Å². The zero-order valence-electron chi connectivity index (χ0n) is 16.4. The minimum Gasteiger partial charge on any atom is -0.506 e. The van der Waals surface area contributed by atoms with Gasteiger partial charge in [0.15, 0.2) is 0 Å². The molecule has 0 saturated heterocycles. The van der Waals surface area contributed by atoms with Crippen LogP contribution in [0.25, 0.3) is 0 Å². The molecule has 2 aromatic rings. The van der Waals surface area contributed by atoms with E-state index in [1.165, 1.54) is 0 Å². The van der Waals surface area contributed by atoms with E-state index in [2.05, 4.69) is 9.88 Å². The van der Waals surface area contributed by atoms with Crippen LogP contribution in [0.2, 0.25) is 5.02 Å². The van der Waals surface area contributed by atoms with Crippen LogP contribution in [-0.4, -0.2) is 41.0 Å². The highest BCUT2D eigenvalue weighted by molar-refractivity contribution is 6.32. The van der Waals surface area contributed by atoms with Crippen molar-refractivity contribution in [3.8, 4) is 5.75 Å². The number of phenolic OH excluding ortho intramolecular Hbond substituents is 1.